The van der Waals surface area contributed by atoms with Crippen LogP contribution in [0.25, 0.3) is 0 Å². The number of rotatable bonds is 5. The second-order valence-corrected chi connectivity index (χ2v) is 7.21. The second kappa shape index (κ2) is 6.72. The minimum absolute atomic E-state index is 0.234. The molecule has 0 aromatic carbocycles. The monoisotopic (exact) mass is 278 g/mol. The molecule has 4 heteroatoms. The fraction of sp³-hybridized carbons (Fsp3) is 0.812. The molecule has 1 aromatic heterocycles. The third kappa shape index (κ3) is 5.25. The van der Waals surface area contributed by atoms with E-state index in [4.69, 9.17) is 0 Å². The molecule has 1 atom stereocenters. The molecule has 1 aromatic rings. The summed E-state index contributed by atoms with van der Waals surface area (Å²) in [7, 11) is 1.98. The highest BCUT2D eigenvalue weighted by Gasteiger charge is 2.21. The van der Waals surface area contributed by atoms with E-state index in [-0.39, 0.29) is 5.54 Å². The number of piperidine rings is 1. The van der Waals surface area contributed by atoms with Gasteiger partial charge in [0, 0.05) is 31.9 Å². The first-order valence-electron chi connectivity index (χ1n) is 7.87. The molecule has 4 nitrogen and oxygen atoms in total. The first kappa shape index (κ1) is 15.5. The van der Waals surface area contributed by atoms with Crippen molar-refractivity contribution in [3.8, 4) is 0 Å². The molecule has 1 aliphatic heterocycles. The SMILES string of the molecule is Cn1cc(CCN2CCCC(CNC(C)(C)C)C2)cn1. The van der Waals surface area contributed by atoms with Gasteiger partial charge >= 0.3 is 0 Å². The fourth-order valence-corrected chi connectivity index (χ4v) is 2.86. The Morgan fingerprint density at radius 3 is 2.85 bits per heavy atom. The van der Waals surface area contributed by atoms with Crippen LogP contribution in [0.2, 0.25) is 0 Å². The Bertz CT molecular complexity index is 405. The van der Waals surface area contributed by atoms with Crippen LogP contribution in [0.5, 0.6) is 0 Å². The number of nitrogens with one attached hydrogen (secondary N) is 1. The van der Waals surface area contributed by atoms with Gasteiger partial charge in [-0.25, -0.2) is 0 Å². The van der Waals surface area contributed by atoms with Crippen LogP contribution in [0.1, 0.15) is 39.2 Å². The van der Waals surface area contributed by atoms with E-state index < -0.39 is 0 Å². The van der Waals surface area contributed by atoms with Crippen molar-refractivity contribution < 1.29 is 0 Å². The molecule has 0 amide bonds. The van der Waals surface area contributed by atoms with Gasteiger partial charge in [-0.2, -0.15) is 5.10 Å². The molecular weight excluding hydrogens is 248 g/mol. The summed E-state index contributed by atoms with van der Waals surface area (Å²) in [5, 5.41) is 7.89. The number of aryl methyl sites for hydroxylation is 1. The lowest BCUT2D eigenvalue weighted by molar-refractivity contribution is 0.168. The number of aromatic nitrogens is 2. The van der Waals surface area contributed by atoms with Crippen molar-refractivity contribution in [2.24, 2.45) is 13.0 Å². The van der Waals surface area contributed by atoms with Crippen LogP contribution in [0.4, 0.5) is 0 Å². The molecule has 0 spiro atoms. The maximum Gasteiger partial charge on any atom is 0.0522 e. The summed E-state index contributed by atoms with van der Waals surface area (Å²) in [5.74, 6) is 0.803. The molecule has 0 aliphatic carbocycles. The molecule has 0 radical (unpaired) electrons. The Morgan fingerprint density at radius 1 is 1.40 bits per heavy atom. The fourth-order valence-electron chi connectivity index (χ4n) is 2.86. The van der Waals surface area contributed by atoms with Crippen molar-refractivity contribution in [3.63, 3.8) is 0 Å². The highest BCUT2D eigenvalue weighted by molar-refractivity contribution is 5.04. The van der Waals surface area contributed by atoms with E-state index in [0.29, 0.717) is 0 Å². The summed E-state index contributed by atoms with van der Waals surface area (Å²) in [5.41, 5.74) is 1.58. The van der Waals surface area contributed by atoms with Gasteiger partial charge in [0.1, 0.15) is 0 Å². The van der Waals surface area contributed by atoms with Crippen LogP contribution in [-0.2, 0) is 13.5 Å². The average Bonchev–Trinajstić information content (AvgIpc) is 2.80. The minimum atomic E-state index is 0.234. The Kier molecular flexibility index (Phi) is 5.22. The van der Waals surface area contributed by atoms with Crippen molar-refractivity contribution in [2.45, 2.75) is 45.6 Å². The molecule has 1 fully saturated rings. The predicted molar refractivity (Wildman–Crippen MR) is 83.8 cm³/mol. The zero-order valence-electron chi connectivity index (χ0n) is 13.5. The lowest BCUT2D eigenvalue weighted by Gasteiger charge is -2.34. The van der Waals surface area contributed by atoms with E-state index in [9.17, 15) is 0 Å². The lowest BCUT2D eigenvalue weighted by Crippen LogP contribution is -2.45. The number of nitrogens with zero attached hydrogens (tertiary/aromatic N) is 3. The first-order chi connectivity index (χ1) is 9.42. The number of likely N-dealkylation sites (tertiary alicyclic amines) is 1. The quantitative estimate of drug-likeness (QED) is 0.895. The third-order valence-electron chi connectivity index (χ3n) is 4.00. The van der Waals surface area contributed by atoms with Crippen molar-refractivity contribution in [3.05, 3.63) is 18.0 Å². The number of hydrogen-bond acceptors (Lipinski definition) is 3. The smallest absolute Gasteiger partial charge is 0.0522 e. The van der Waals surface area contributed by atoms with Gasteiger partial charge in [0.15, 0.2) is 0 Å². The van der Waals surface area contributed by atoms with Crippen LogP contribution >= 0.6 is 0 Å². The van der Waals surface area contributed by atoms with Gasteiger partial charge < -0.3 is 10.2 Å². The molecule has 1 aliphatic rings. The Labute approximate surface area is 123 Å². The van der Waals surface area contributed by atoms with E-state index in [0.717, 1.165) is 25.4 Å². The molecule has 2 heterocycles. The maximum atomic E-state index is 4.24. The highest BCUT2D eigenvalue weighted by atomic mass is 15.2. The summed E-state index contributed by atoms with van der Waals surface area (Å²) < 4.78 is 1.89. The summed E-state index contributed by atoms with van der Waals surface area (Å²) in [4.78, 5) is 2.62. The lowest BCUT2D eigenvalue weighted by atomic mass is 9.96. The van der Waals surface area contributed by atoms with E-state index in [1.807, 2.05) is 17.9 Å². The molecule has 2 rings (SSSR count). The van der Waals surface area contributed by atoms with Crippen LogP contribution in [-0.4, -0.2) is 46.4 Å². The van der Waals surface area contributed by atoms with Gasteiger partial charge in [-0.15, -0.1) is 0 Å². The Balaban J connectivity index is 1.73. The minimum Gasteiger partial charge on any atom is -0.312 e. The van der Waals surface area contributed by atoms with Crippen molar-refractivity contribution in [1.29, 1.82) is 0 Å². The summed E-state index contributed by atoms with van der Waals surface area (Å²) in [6.45, 7) is 11.5. The van der Waals surface area contributed by atoms with E-state index >= 15 is 0 Å². The van der Waals surface area contributed by atoms with Crippen LogP contribution in [0, 0.1) is 5.92 Å². The van der Waals surface area contributed by atoms with Crippen molar-refractivity contribution in [1.82, 2.24) is 20.0 Å². The summed E-state index contributed by atoms with van der Waals surface area (Å²) >= 11 is 0. The topological polar surface area (TPSA) is 33.1 Å². The standard InChI is InChI=1S/C16H30N4/c1-16(2,3)17-10-14-6-5-8-20(13-14)9-7-15-11-18-19(4)12-15/h11-12,14,17H,5-10,13H2,1-4H3. The molecule has 0 saturated carbocycles. The van der Waals surface area contributed by atoms with Crippen molar-refractivity contribution in [2.75, 3.05) is 26.2 Å². The van der Waals surface area contributed by atoms with Gasteiger partial charge in [0.05, 0.1) is 6.20 Å². The molecule has 114 valence electrons. The zero-order valence-corrected chi connectivity index (χ0v) is 13.5. The normalized spacial score (nSPS) is 21.3. The maximum absolute atomic E-state index is 4.24. The average molecular weight is 278 g/mol. The van der Waals surface area contributed by atoms with Crippen LogP contribution < -0.4 is 5.32 Å². The van der Waals surface area contributed by atoms with Gasteiger partial charge in [-0.3, -0.25) is 4.68 Å². The molecular formula is C16H30N4. The Hall–Kier alpha value is -0.870. The van der Waals surface area contributed by atoms with Crippen LogP contribution in [0.15, 0.2) is 12.4 Å². The first-order valence-corrected chi connectivity index (χ1v) is 7.87. The summed E-state index contributed by atoms with van der Waals surface area (Å²) in [6.07, 6.45) is 7.94. The molecule has 1 N–H and O–H groups in total. The zero-order chi connectivity index (χ0) is 14.6. The predicted octanol–water partition coefficient (Wildman–Crippen LogP) is 2.06. The van der Waals surface area contributed by atoms with Gasteiger partial charge in [0.25, 0.3) is 0 Å². The molecule has 0 bridgehead atoms. The second-order valence-electron chi connectivity index (χ2n) is 7.21. The highest BCUT2D eigenvalue weighted by Crippen LogP contribution is 2.17. The number of hydrogen-bond donors (Lipinski definition) is 1. The van der Waals surface area contributed by atoms with Gasteiger partial charge in [-0.05, 0) is 64.6 Å². The van der Waals surface area contributed by atoms with Crippen molar-refractivity contribution >= 4 is 0 Å². The van der Waals surface area contributed by atoms with E-state index in [1.54, 1.807) is 0 Å². The van der Waals surface area contributed by atoms with E-state index in [1.165, 1.54) is 31.5 Å². The molecule has 1 unspecified atom stereocenters. The molecule has 20 heavy (non-hydrogen) atoms. The Morgan fingerprint density at radius 2 is 2.20 bits per heavy atom. The van der Waals surface area contributed by atoms with E-state index in [2.05, 4.69) is 42.3 Å². The van der Waals surface area contributed by atoms with Crippen LogP contribution in [0.3, 0.4) is 0 Å². The largest absolute Gasteiger partial charge is 0.312 e. The summed E-state index contributed by atoms with van der Waals surface area (Å²) in [6, 6.07) is 0. The third-order valence-corrected chi connectivity index (χ3v) is 4.00. The molecule has 1 saturated heterocycles. The van der Waals surface area contributed by atoms with Gasteiger partial charge in [-0.1, -0.05) is 0 Å². The van der Waals surface area contributed by atoms with Gasteiger partial charge in [0.2, 0.25) is 0 Å².